The topological polar surface area (TPSA) is 52.6 Å². The maximum absolute atomic E-state index is 10.8. The molecule has 0 spiro atoms. The summed E-state index contributed by atoms with van der Waals surface area (Å²) < 4.78 is 0. The fourth-order valence-corrected chi connectivity index (χ4v) is 2.85. The SMILES string of the molecule is O=C(O)N1CC[C@H](NC2CCCCCC2)C1. The van der Waals surface area contributed by atoms with Crippen LogP contribution in [-0.2, 0) is 0 Å². The third-order valence-corrected chi connectivity index (χ3v) is 3.79. The molecule has 1 atom stereocenters. The number of carboxylic acid groups (broad SMARTS) is 1. The van der Waals surface area contributed by atoms with E-state index in [-0.39, 0.29) is 0 Å². The van der Waals surface area contributed by atoms with Gasteiger partial charge in [-0.05, 0) is 19.3 Å². The summed E-state index contributed by atoms with van der Waals surface area (Å²) in [5.41, 5.74) is 0. The van der Waals surface area contributed by atoms with Crippen LogP contribution in [0.3, 0.4) is 0 Å². The molecule has 4 nitrogen and oxygen atoms in total. The molecule has 1 aliphatic carbocycles. The number of nitrogens with one attached hydrogen (secondary N) is 1. The van der Waals surface area contributed by atoms with Crippen LogP contribution in [0.5, 0.6) is 0 Å². The van der Waals surface area contributed by atoms with Crippen molar-refractivity contribution < 1.29 is 9.90 Å². The molecule has 92 valence electrons. The predicted octanol–water partition coefficient (Wildman–Crippen LogP) is 2.05. The van der Waals surface area contributed by atoms with Gasteiger partial charge in [-0.2, -0.15) is 0 Å². The Hall–Kier alpha value is -0.770. The van der Waals surface area contributed by atoms with Crippen LogP contribution < -0.4 is 5.32 Å². The van der Waals surface area contributed by atoms with Crippen molar-refractivity contribution in [3.63, 3.8) is 0 Å². The summed E-state index contributed by atoms with van der Waals surface area (Å²) >= 11 is 0. The third kappa shape index (κ3) is 3.11. The molecule has 16 heavy (non-hydrogen) atoms. The molecule has 0 aromatic rings. The highest BCUT2D eigenvalue weighted by Crippen LogP contribution is 2.19. The fourth-order valence-electron chi connectivity index (χ4n) is 2.85. The lowest BCUT2D eigenvalue weighted by molar-refractivity contribution is 0.154. The van der Waals surface area contributed by atoms with Gasteiger partial charge in [-0.15, -0.1) is 0 Å². The van der Waals surface area contributed by atoms with Gasteiger partial charge in [0.05, 0.1) is 0 Å². The maximum atomic E-state index is 10.8. The Labute approximate surface area is 97.0 Å². The van der Waals surface area contributed by atoms with E-state index in [1.807, 2.05) is 0 Å². The first-order valence-electron chi connectivity index (χ1n) is 6.49. The van der Waals surface area contributed by atoms with Crippen molar-refractivity contribution in [2.45, 2.75) is 57.0 Å². The Bertz CT molecular complexity index is 237. The first kappa shape index (κ1) is 11.7. The van der Waals surface area contributed by atoms with Gasteiger partial charge in [-0.3, -0.25) is 0 Å². The molecule has 0 unspecified atom stereocenters. The van der Waals surface area contributed by atoms with Gasteiger partial charge in [0.15, 0.2) is 0 Å². The third-order valence-electron chi connectivity index (χ3n) is 3.79. The summed E-state index contributed by atoms with van der Waals surface area (Å²) in [7, 11) is 0. The normalized spacial score (nSPS) is 28.0. The second-order valence-electron chi connectivity index (χ2n) is 5.07. The van der Waals surface area contributed by atoms with Crippen LogP contribution in [0.2, 0.25) is 0 Å². The van der Waals surface area contributed by atoms with E-state index in [1.54, 1.807) is 0 Å². The van der Waals surface area contributed by atoms with Crippen LogP contribution in [0.25, 0.3) is 0 Å². The Balaban J connectivity index is 1.75. The highest BCUT2D eigenvalue weighted by molar-refractivity contribution is 5.65. The zero-order valence-corrected chi connectivity index (χ0v) is 9.82. The Morgan fingerprint density at radius 1 is 1.06 bits per heavy atom. The van der Waals surface area contributed by atoms with Gasteiger partial charge in [0.1, 0.15) is 0 Å². The molecule has 2 aliphatic rings. The molecule has 1 heterocycles. The molecule has 2 rings (SSSR count). The summed E-state index contributed by atoms with van der Waals surface area (Å²) in [5.74, 6) is 0. The van der Waals surface area contributed by atoms with Gasteiger partial charge in [0.25, 0.3) is 0 Å². The highest BCUT2D eigenvalue weighted by Gasteiger charge is 2.27. The molecule has 0 radical (unpaired) electrons. The molecule has 4 heteroatoms. The quantitative estimate of drug-likeness (QED) is 0.709. The lowest BCUT2D eigenvalue weighted by atomic mass is 10.1. The van der Waals surface area contributed by atoms with E-state index in [0.717, 1.165) is 6.42 Å². The smallest absolute Gasteiger partial charge is 0.407 e. The summed E-state index contributed by atoms with van der Waals surface area (Å²) in [6.07, 6.45) is 8.12. The first-order valence-corrected chi connectivity index (χ1v) is 6.49. The molecule has 0 aromatic carbocycles. The minimum Gasteiger partial charge on any atom is -0.465 e. The number of amides is 1. The van der Waals surface area contributed by atoms with Crippen LogP contribution in [-0.4, -0.2) is 41.3 Å². The zero-order valence-electron chi connectivity index (χ0n) is 9.82. The zero-order chi connectivity index (χ0) is 11.4. The average molecular weight is 226 g/mol. The van der Waals surface area contributed by atoms with Crippen molar-refractivity contribution in [2.24, 2.45) is 0 Å². The monoisotopic (exact) mass is 226 g/mol. The van der Waals surface area contributed by atoms with Crippen LogP contribution >= 0.6 is 0 Å². The van der Waals surface area contributed by atoms with Gasteiger partial charge >= 0.3 is 6.09 Å². The van der Waals surface area contributed by atoms with Gasteiger partial charge < -0.3 is 15.3 Å². The molecule has 1 amide bonds. The second-order valence-corrected chi connectivity index (χ2v) is 5.07. The fraction of sp³-hybridized carbons (Fsp3) is 0.917. The number of carbonyl (C=O) groups is 1. The predicted molar refractivity (Wildman–Crippen MR) is 62.6 cm³/mol. The molecule has 0 bridgehead atoms. The van der Waals surface area contributed by atoms with Gasteiger partial charge in [0.2, 0.25) is 0 Å². The summed E-state index contributed by atoms with van der Waals surface area (Å²) in [6, 6.07) is 1.01. The van der Waals surface area contributed by atoms with Crippen molar-refractivity contribution >= 4 is 6.09 Å². The number of rotatable bonds is 2. The standard InChI is InChI=1S/C12H22N2O2/c15-12(16)14-8-7-11(9-14)13-10-5-3-1-2-4-6-10/h10-11,13H,1-9H2,(H,15,16)/t11-/m0/s1. The summed E-state index contributed by atoms with van der Waals surface area (Å²) in [6.45, 7) is 1.37. The van der Waals surface area contributed by atoms with E-state index >= 15 is 0 Å². The van der Waals surface area contributed by atoms with Crippen LogP contribution in [0.4, 0.5) is 4.79 Å². The molecule has 1 saturated carbocycles. The molecule has 0 aromatic heterocycles. The number of hydrogen-bond donors (Lipinski definition) is 2. The van der Waals surface area contributed by atoms with E-state index in [4.69, 9.17) is 5.11 Å². The highest BCUT2D eigenvalue weighted by atomic mass is 16.4. The maximum Gasteiger partial charge on any atom is 0.407 e. The number of likely N-dealkylation sites (tertiary alicyclic amines) is 1. The second kappa shape index (κ2) is 5.53. The molecular formula is C12H22N2O2. The Morgan fingerprint density at radius 2 is 1.75 bits per heavy atom. The van der Waals surface area contributed by atoms with Crippen LogP contribution in [0.15, 0.2) is 0 Å². The average Bonchev–Trinajstić information content (AvgIpc) is 2.56. The molecule has 1 aliphatic heterocycles. The van der Waals surface area contributed by atoms with E-state index < -0.39 is 6.09 Å². The lowest BCUT2D eigenvalue weighted by Crippen LogP contribution is -2.40. The molecule has 2 N–H and O–H groups in total. The molecular weight excluding hydrogens is 204 g/mol. The van der Waals surface area contributed by atoms with Crippen molar-refractivity contribution in [3.8, 4) is 0 Å². The van der Waals surface area contributed by atoms with Crippen molar-refractivity contribution in [2.75, 3.05) is 13.1 Å². The Morgan fingerprint density at radius 3 is 2.31 bits per heavy atom. The number of nitrogens with zero attached hydrogens (tertiary/aromatic N) is 1. The summed E-state index contributed by atoms with van der Waals surface area (Å²) in [4.78, 5) is 12.3. The Kier molecular flexibility index (Phi) is 4.04. The molecule has 1 saturated heterocycles. The number of hydrogen-bond acceptors (Lipinski definition) is 2. The van der Waals surface area contributed by atoms with Gasteiger partial charge in [-0.1, -0.05) is 25.7 Å². The van der Waals surface area contributed by atoms with Crippen LogP contribution in [0.1, 0.15) is 44.9 Å². The van der Waals surface area contributed by atoms with E-state index in [0.29, 0.717) is 25.2 Å². The molecule has 2 fully saturated rings. The lowest BCUT2D eigenvalue weighted by Gasteiger charge is -2.21. The van der Waals surface area contributed by atoms with Crippen LogP contribution in [0, 0.1) is 0 Å². The van der Waals surface area contributed by atoms with Crippen molar-refractivity contribution in [1.82, 2.24) is 10.2 Å². The largest absolute Gasteiger partial charge is 0.465 e. The van der Waals surface area contributed by atoms with E-state index in [1.165, 1.54) is 43.4 Å². The van der Waals surface area contributed by atoms with Crippen molar-refractivity contribution in [3.05, 3.63) is 0 Å². The minimum atomic E-state index is -0.773. The van der Waals surface area contributed by atoms with Gasteiger partial charge in [0, 0.05) is 25.2 Å². The van der Waals surface area contributed by atoms with Gasteiger partial charge in [-0.25, -0.2) is 4.79 Å². The van der Waals surface area contributed by atoms with E-state index in [9.17, 15) is 4.79 Å². The first-order chi connectivity index (χ1) is 7.75. The van der Waals surface area contributed by atoms with E-state index in [2.05, 4.69) is 5.32 Å². The summed E-state index contributed by atoms with van der Waals surface area (Å²) in [5, 5.41) is 12.5. The minimum absolute atomic E-state index is 0.388. The van der Waals surface area contributed by atoms with Crippen molar-refractivity contribution in [1.29, 1.82) is 0 Å².